The molecule has 0 aromatic heterocycles. The van der Waals surface area contributed by atoms with E-state index in [1.807, 2.05) is 30.3 Å². The van der Waals surface area contributed by atoms with Crippen LogP contribution < -0.4 is 11.1 Å². The molecule has 3 nitrogen and oxygen atoms in total. The number of carbonyl (C=O) groups is 1. The molecule has 3 heteroatoms. The maximum atomic E-state index is 11.9. The summed E-state index contributed by atoms with van der Waals surface area (Å²) in [6, 6.07) is 8.96. The van der Waals surface area contributed by atoms with Crippen LogP contribution in [0.5, 0.6) is 0 Å². The van der Waals surface area contributed by atoms with E-state index in [9.17, 15) is 4.79 Å². The van der Waals surface area contributed by atoms with E-state index in [1.165, 1.54) is 44.9 Å². The molecule has 0 unspecified atom stereocenters. The summed E-state index contributed by atoms with van der Waals surface area (Å²) in [5, 5.41) is 2.93. The number of hydrogen-bond donors (Lipinski definition) is 2. The number of rotatable bonds is 11. The fourth-order valence-electron chi connectivity index (χ4n) is 2.39. The summed E-state index contributed by atoms with van der Waals surface area (Å²) in [6.45, 7) is 2.97. The smallest absolute Gasteiger partial charge is 0.241 e. The Kier molecular flexibility index (Phi) is 9.55. The number of unbranched alkanes of at least 4 members (excludes halogenated alkanes) is 7. The van der Waals surface area contributed by atoms with Gasteiger partial charge in [0.25, 0.3) is 0 Å². The van der Waals surface area contributed by atoms with E-state index >= 15 is 0 Å². The second-order valence-electron chi connectivity index (χ2n) is 5.65. The van der Waals surface area contributed by atoms with Gasteiger partial charge < -0.3 is 11.1 Å². The molecule has 0 radical (unpaired) electrons. The van der Waals surface area contributed by atoms with Gasteiger partial charge in [-0.1, -0.05) is 82.2 Å². The van der Waals surface area contributed by atoms with Crippen molar-refractivity contribution in [2.24, 2.45) is 5.73 Å². The zero-order valence-corrected chi connectivity index (χ0v) is 13.3. The molecule has 0 saturated heterocycles. The lowest BCUT2D eigenvalue weighted by atomic mass is 10.1. The van der Waals surface area contributed by atoms with Crippen molar-refractivity contribution in [1.82, 2.24) is 5.32 Å². The first-order chi connectivity index (χ1) is 10.3. The third-order valence-electron chi connectivity index (χ3n) is 3.77. The highest BCUT2D eigenvalue weighted by Gasteiger charge is 2.14. The maximum Gasteiger partial charge on any atom is 0.241 e. The summed E-state index contributed by atoms with van der Waals surface area (Å²) >= 11 is 0. The number of hydrogen-bond acceptors (Lipinski definition) is 2. The molecular weight excluding hydrogens is 260 g/mol. The third kappa shape index (κ3) is 7.86. The van der Waals surface area contributed by atoms with Gasteiger partial charge in [0.05, 0.1) is 0 Å². The number of benzene rings is 1. The van der Waals surface area contributed by atoms with Crippen LogP contribution in [0.3, 0.4) is 0 Å². The van der Waals surface area contributed by atoms with Crippen molar-refractivity contribution in [1.29, 1.82) is 0 Å². The van der Waals surface area contributed by atoms with E-state index in [2.05, 4.69) is 12.2 Å². The van der Waals surface area contributed by atoms with Crippen LogP contribution in [0.1, 0.15) is 69.9 Å². The Morgan fingerprint density at radius 2 is 1.57 bits per heavy atom. The molecule has 0 aliphatic rings. The first-order valence-electron chi connectivity index (χ1n) is 8.34. The lowest BCUT2D eigenvalue weighted by Crippen LogP contribution is -2.34. The van der Waals surface area contributed by atoms with Crippen LogP contribution in [0.4, 0.5) is 0 Å². The van der Waals surface area contributed by atoms with Crippen LogP contribution in [0, 0.1) is 0 Å². The topological polar surface area (TPSA) is 55.1 Å². The maximum absolute atomic E-state index is 11.9. The third-order valence-corrected chi connectivity index (χ3v) is 3.77. The molecule has 0 saturated carbocycles. The number of carbonyl (C=O) groups excluding carboxylic acids is 1. The quantitative estimate of drug-likeness (QED) is 0.606. The van der Waals surface area contributed by atoms with Gasteiger partial charge >= 0.3 is 0 Å². The molecule has 0 spiro atoms. The second kappa shape index (κ2) is 11.3. The molecular formula is C18H30N2O. The summed E-state index contributed by atoms with van der Waals surface area (Å²) < 4.78 is 0. The standard InChI is InChI=1S/C18H30N2O/c1-2-3-4-5-6-7-8-12-15-20-18(21)17(19)16-13-10-9-11-14-16/h9-11,13-14,17H,2-8,12,15,19H2,1H3,(H,20,21)/t17-/m1/s1. The summed E-state index contributed by atoms with van der Waals surface area (Å²) in [5.41, 5.74) is 6.80. The highest BCUT2D eigenvalue weighted by molar-refractivity contribution is 5.82. The fraction of sp³-hybridized carbons (Fsp3) is 0.611. The van der Waals surface area contributed by atoms with E-state index in [0.717, 1.165) is 18.5 Å². The highest BCUT2D eigenvalue weighted by atomic mass is 16.2. The molecule has 0 aliphatic heterocycles. The van der Waals surface area contributed by atoms with Crippen molar-refractivity contribution < 1.29 is 4.79 Å². The molecule has 118 valence electrons. The van der Waals surface area contributed by atoms with Crippen LogP contribution in [-0.4, -0.2) is 12.5 Å². The van der Waals surface area contributed by atoms with Crippen LogP contribution in [-0.2, 0) is 4.79 Å². The Bertz CT molecular complexity index is 378. The molecule has 1 rings (SSSR count). The van der Waals surface area contributed by atoms with Gasteiger partial charge in [0.1, 0.15) is 6.04 Å². The Balaban J connectivity index is 2.03. The van der Waals surface area contributed by atoms with Gasteiger partial charge in [0.2, 0.25) is 5.91 Å². The van der Waals surface area contributed by atoms with Gasteiger partial charge in [-0.05, 0) is 12.0 Å². The minimum Gasteiger partial charge on any atom is -0.354 e. The van der Waals surface area contributed by atoms with E-state index in [1.54, 1.807) is 0 Å². The van der Waals surface area contributed by atoms with E-state index in [-0.39, 0.29) is 5.91 Å². The molecule has 21 heavy (non-hydrogen) atoms. The van der Waals surface area contributed by atoms with Crippen molar-refractivity contribution in [3.63, 3.8) is 0 Å². The fourth-order valence-corrected chi connectivity index (χ4v) is 2.39. The van der Waals surface area contributed by atoms with E-state index in [0.29, 0.717) is 0 Å². The van der Waals surface area contributed by atoms with Gasteiger partial charge in [0.15, 0.2) is 0 Å². The largest absolute Gasteiger partial charge is 0.354 e. The molecule has 0 heterocycles. The Morgan fingerprint density at radius 1 is 1.00 bits per heavy atom. The van der Waals surface area contributed by atoms with Gasteiger partial charge in [-0.15, -0.1) is 0 Å². The van der Waals surface area contributed by atoms with Gasteiger partial charge in [-0.25, -0.2) is 0 Å². The molecule has 0 bridgehead atoms. The van der Waals surface area contributed by atoms with Crippen LogP contribution in [0.15, 0.2) is 30.3 Å². The average Bonchev–Trinajstić information content (AvgIpc) is 2.53. The Hall–Kier alpha value is -1.35. The summed E-state index contributed by atoms with van der Waals surface area (Å²) in [7, 11) is 0. The molecule has 3 N–H and O–H groups in total. The Morgan fingerprint density at radius 3 is 2.19 bits per heavy atom. The lowest BCUT2D eigenvalue weighted by molar-refractivity contribution is -0.122. The predicted molar refractivity (Wildman–Crippen MR) is 89.0 cm³/mol. The monoisotopic (exact) mass is 290 g/mol. The number of nitrogens with two attached hydrogens (primary N) is 1. The van der Waals surface area contributed by atoms with Crippen LogP contribution in [0.2, 0.25) is 0 Å². The molecule has 0 aliphatic carbocycles. The Labute approximate surface area is 129 Å². The molecule has 1 aromatic carbocycles. The first-order valence-corrected chi connectivity index (χ1v) is 8.34. The van der Waals surface area contributed by atoms with Crippen molar-refractivity contribution in [2.75, 3.05) is 6.54 Å². The van der Waals surface area contributed by atoms with Crippen molar-refractivity contribution in [2.45, 2.75) is 64.3 Å². The van der Waals surface area contributed by atoms with E-state index in [4.69, 9.17) is 5.73 Å². The molecule has 1 amide bonds. The number of amides is 1. The van der Waals surface area contributed by atoms with Crippen molar-refractivity contribution in [3.05, 3.63) is 35.9 Å². The highest BCUT2D eigenvalue weighted by Crippen LogP contribution is 2.10. The van der Waals surface area contributed by atoms with Crippen LogP contribution in [0.25, 0.3) is 0 Å². The molecule has 1 aromatic rings. The van der Waals surface area contributed by atoms with Gasteiger partial charge in [-0.2, -0.15) is 0 Å². The van der Waals surface area contributed by atoms with Crippen molar-refractivity contribution >= 4 is 5.91 Å². The number of nitrogens with one attached hydrogen (secondary N) is 1. The minimum absolute atomic E-state index is 0.0795. The minimum atomic E-state index is -0.555. The SMILES string of the molecule is CCCCCCCCCCNC(=O)[C@H](N)c1ccccc1. The molecule has 1 atom stereocenters. The van der Waals surface area contributed by atoms with E-state index < -0.39 is 6.04 Å². The van der Waals surface area contributed by atoms with Crippen molar-refractivity contribution in [3.8, 4) is 0 Å². The predicted octanol–water partition coefficient (Wildman–Crippen LogP) is 3.94. The van der Waals surface area contributed by atoms with Gasteiger partial charge in [-0.3, -0.25) is 4.79 Å². The average molecular weight is 290 g/mol. The summed E-state index contributed by atoms with van der Waals surface area (Å²) in [6.07, 6.45) is 10.2. The zero-order valence-electron chi connectivity index (χ0n) is 13.3. The zero-order chi connectivity index (χ0) is 15.3. The summed E-state index contributed by atoms with van der Waals surface area (Å²) in [5.74, 6) is -0.0795. The van der Waals surface area contributed by atoms with Crippen LogP contribution >= 0.6 is 0 Å². The normalized spacial score (nSPS) is 12.1. The summed E-state index contributed by atoms with van der Waals surface area (Å²) in [4.78, 5) is 11.9. The second-order valence-corrected chi connectivity index (χ2v) is 5.65. The lowest BCUT2D eigenvalue weighted by Gasteiger charge is -2.12. The van der Waals surface area contributed by atoms with Gasteiger partial charge in [0, 0.05) is 6.54 Å². The molecule has 0 fully saturated rings. The first kappa shape index (κ1) is 17.7.